The Morgan fingerprint density at radius 2 is 1.79 bits per heavy atom. The van der Waals surface area contributed by atoms with Gasteiger partial charge in [0, 0.05) is 19.1 Å². The van der Waals surface area contributed by atoms with Crippen LogP contribution in [0.1, 0.15) is 52.4 Å². The molecule has 0 spiro atoms. The van der Waals surface area contributed by atoms with Crippen molar-refractivity contribution in [1.29, 1.82) is 0 Å². The molecular formula is C16H32N2O. The van der Waals surface area contributed by atoms with Gasteiger partial charge in [-0.05, 0) is 45.2 Å². The van der Waals surface area contributed by atoms with Gasteiger partial charge in [-0.1, -0.05) is 26.7 Å². The first-order chi connectivity index (χ1) is 9.15. The lowest BCUT2D eigenvalue weighted by atomic mass is 10.1. The van der Waals surface area contributed by atoms with Crippen molar-refractivity contribution >= 4 is 0 Å². The molecule has 1 aliphatic carbocycles. The van der Waals surface area contributed by atoms with Crippen molar-refractivity contribution in [3.05, 3.63) is 0 Å². The maximum atomic E-state index is 6.17. The number of likely N-dealkylation sites (N-methyl/N-ethyl adjacent to an activating group) is 1. The van der Waals surface area contributed by atoms with E-state index in [9.17, 15) is 0 Å². The fourth-order valence-corrected chi connectivity index (χ4v) is 3.41. The molecular weight excluding hydrogens is 236 g/mol. The van der Waals surface area contributed by atoms with Gasteiger partial charge in [0.05, 0.1) is 12.2 Å². The standard InChI is InChI=1S/C16H32N2O/c1-13(2)10-17-11-15-8-9-16(19-15)12-18(3)14-6-4-5-7-14/h13-17H,4-12H2,1-3H3. The Morgan fingerprint density at radius 3 is 2.47 bits per heavy atom. The van der Waals surface area contributed by atoms with Crippen LogP contribution >= 0.6 is 0 Å². The highest BCUT2D eigenvalue weighted by Gasteiger charge is 2.28. The van der Waals surface area contributed by atoms with E-state index in [1.807, 2.05) is 0 Å². The molecule has 1 N–H and O–H groups in total. The van der Waals surface area contributed by atoms with Crippen LogP contribution in [0.5, 0.6) is 0 Å². The lowest BCUT2D eigenvalue weighted by Crippen LogP contribution is -2.37. The Labute approximate surface area is 119 Å². The summed E-state index contributed by atoms with van der Waals surface area (Å²) < 4.78 is 6.17. The quantitative estimate of drug-likeness (QED) is 0.768. The van der Waals surface area contributed by atoms with Gasteiger partial charge in [0.2, 0.25) is 0 Å². The van der Waals surface area contributed by atoms with E-state index in [2.05, 4.69) is 31.1 Å². The number of ether oxygens (including phenoxy) is 1. The summed E-state index contributed by atoms with van der Waals surface area (Å²) in [7, 11) is 2.28. The van der Waals surface area contributed by atoms with Gasteiger partial charge in [-0.15, -0.1) is 0 Å². The third kappa shape index (κ3) is 5.05. The van der Waals surface area contributed by atoms with E-state index in [1.165, 1.54) is 38.5 Å². The van der Waals surface area contributed by atoms with E-state index >= 15 is 0 Å². The molecule has 3 heteroatoms. The summed E-state index contributed by atoms with van der Waals surface area (Å²) in [5.41, 5.74) is 0. The van der Waals surface area contributed by atoms with E-state index in [0.29, 0.717) is 12.2 Å². The second kappa shape index (κ2) is 7.61. The van der Waals surface area contributed by atoms with Crippen molar-refractivity contribution in [2.75, 3.05) is 26.7 Å². The number of hydrogen-bond donors (Lipinski definition) is 1. The molecule has 19 heavy (non-hydrogen) atoms. The first kappa shape index (κ1) is 15.3. The SMILES string of the molecule is CC(C)CNCC1CCC(CN(C)C2CCCC2)O1. The van der Waals surface area contributed by atoms with Crippen LogP contribution in [-0.2, 0) is 4.74 Å². The van der Waals surface area contributed by atoms with E-state index in [0.717, 1.165) is 31.6 Å². The Hall–Kier alpha value is -0.120. The first-order valence-corrected chi connectivity index (χ1v) is 8.21. The number of hydrogen-bond acceptors (Lipinski definition) is 3. The second-order valence-electron chi connectivity index (χ2n) is 6.89. The molecule has 112 valence electrons. The minimum Gasteiger partial charge on any atom is -0.372 e. The van der Waals surface area contributed by atoms with Crippen LogP contribution in [0.3, 0.4) is 0 Å². The predicted molar refractivity (Wildman–Crippen MR) is 80.5 cm³/mol. The Bertz CT molecular complexity index is 251. The molecule has 0 bridgehead atoms. The molecule has 2 aliphatic rings. The minimum absolute atomic E-state index is 0.445. The minimum atomic E-state index is 0.445. The number of nitrogens with zero attached hydrogens (tertiary/aromatic N) is 1. The van der Waals surface area contributed by atoms with Crippen LogP contribution in [0.4, 0.5) is 0 Å². The van der Waals surface area contributed by atoms with Crippen molar-refractivity contribution in [2.24, 2.45) is 5.92 Å². The summed E-state index contributed by atoms with van der Waals surface area (Å²) in [5, 5.41) is 3.52. The van der Waals surface area contributed by atoms with Gasteiger partial charge in [-0.2, -0.15) is 0 Å². The van der Waals surface area contributed by atoms with Crippen molar-refractivity contribution in [1.82, 2.24) is 10.2 Å². The zero-order chi connectivity index (χ0) is 13.7. The van der Waals surface area contributed by atoms with Gasteiger partial charge >= 0.3 is 0 Å². The van der Waals surface area contributed by atoms with Crippen LogP contribution in [-0.4, -0.2) is 49.8 Å². The van der Waals surface area contributed by atoms with Crippen molar-refractivity contribution in [3.63, 3.8) is 0 Å². The summed E-state index contributed by atoms with van der Waals surface area (Å²) in [4.78, 5) is 2.54. The molecule has 2 fully saturated rings. The van der Waals surface area contributed by atoms with Gasteiger partial charge < -0.3 is 15.0 Å². The Morgan fingerprint density at radius 1 is 1.11 bits per heavy atom. The molecule has 1 saturated carbocycles. The molecule has 0 aromatic heterocycles. The molecule has 1 aliphatic heterocycles. The van der Waals surface area contributed by atoms with Crippen LogP contribution in [0.2, 0.25) is 0 Å². The molecule has 0 aromatic carbocycles. The summed E-state index contributed by atoms with van der Waals surface area (Å²) in [6, 6.07) is 0.821. The van der Waals surface area contributed by atoms with Gasteiger partial charge in [0.15, 0.2) is 0 Å². The highest BCUT2D eigenvalue weighted by molar-refractivity contribution is 4.81. The third-order valence-electron chi connectivity index (χ3n) is 4.56. The van der Waals surface area contributed by atoms with Crippen molar-refractivity contribution in [3.8, 4) is 0 Å². The molecule has 2 rings (SSSR count). The topological polar surface area (TPSA) is 24.5 Å². The van der Waals surface area contributed by atoms with Gasteiger partial charge in [0.1, 0.15) is 0 Å². The monoisotopic (exact) mass is 268 g/mol. The molecule has 0 aromatic rings. The first-order valence-electron chi connectivity index (χ1n) is 8.21. The van der Waals surface area contributed by atoms with Crippen LogP contribution in [0.15, 0.2) is 0 Å². The lowest BCUT2D eigenvalue weighted by Gasteiger charge is -2.27. The fraction of sp³-hybridized carbons (Fsp3) is 1.00. The Balaban J connectivity index is 1.61. The maximum Gasteiger partial charge on any atom is 0.0707 e. The smallest absolute Gasteiger partial charge is 0.0707 e. The highest BCUT2D eigenvalue weighted by Crippen LogP contribution is 2.25. The van der Waals surface area contributed by atoms with Crippen LogP contribution in [0, 0.1) is 5.92 Å². The Kier molecular flexibility index (Phi) is 6.11. The third-order valence-corrected chi connectivity index (χ3v) is 4.56. The zero-order valence-electron chi connectivity index (χ0n) is 13.0. The highest BCUT2D eigenvalue weighted by atomic mass is 16.5. The van der Waals surface area contributed by atoms with Crippen molar-refractivity contribution in [2.45, 2.75) is 70.6 Å². The average molecular weight is 268 g/mol. The van der Waals surface area contributed by atoms with Gasteiger partial charge in [0.25, 0.3) is 0 Å². The van der Waals surface area contributed by atoms with E-state index in [4.69, 9.17) is 4.74 Å². The van der Waals surface area contributed by atoms with E-state index in [1.54, 1.807) is 0 Å². The average Bonchev–Trinajstić information content (AvgIpc) is 2.99. The molecule has 0 radical (unpaired) electrons. The molecule has 2 atom stereocenters. The van der Waals surface area contributed by atoms with Crippen LogP contribution < -0.4 is 5.32 Å². The molecule has 0 amide bonds. The summed E-state index contributed by atoms with van der Waals surface area (Å²) in [6.45, 7) is 7.77. The predicted octanol–water partition coefficient (Wildman–Crippen LogP) is 2.65. The normalized spacial score (nSPS) is 28.9. The number of rotatable bonds is 7. The molecule has 1 heterocycles. The van der Waals surface area contributed by atoms with Gasteiger partial charge in [-0.3, -0.25) is 0 Å². The molecule has 1 saturated heterocycles. The molecule has 3 nitrogen and oxygen atoms in total. The summed E-state index contributed by atoms with van der Waals surface area (Å²) >= 11 is 0. The summed E-state index contributed by atoms with van der Waals surface area (Å²) in [5.74, 6) is 0.727. The number of nitrogens with one attached hydrogen (secondary N) is 1. The molecule has 2 unspecified atom stereocenters. The van der Waals surface area contributed by atoms with E-state index < -0.39 is 0 Å². The summed E-state index contributed by atoms with van der Waals surface area (Å²) in [6.07, 6.45) is 9.01. The maximum absolute atomic E-state index is 6.17. The van der Waals surface area contributed by atoms with Crippen LogP contribution in [0.25, 0.3) is 0 Å². The fourth-order valence-electron chi connectivity index (χ4n) is 3.41. The van der Waals surface area contributed by atoms with E-state index in [-0.39, 0.29) is 0 Å². The zero-order valence-corrected chi connectivity index (χ0v) is 13.0. The van der Waals surface area contributed by atoms with Gasteiger partial charge in [-0.25, -0.2) is 0 Å². The second-order valence-corrected chi connectivity index (χ2v) is 6.89. The van der Waals surface area contributed by atoms with Crippen molar-refractivity contribution < 1.29 is 4.74 Å². The lowest BCUT2D eigenvalue weighted by molar-refractivity contribution is 0.0208. The largest absolute Gasteiger partial charge is 0.372 e.